The summed E-state index contributed by atoms with van der Waals surface area (Å²) in [6, 6.07) is 0. The molecule has 0 spiro atoms. The Labute approximate surface area is 90.6 Å². The highest BCUT2D eigenvalue weighted by Crippen LogP contribution is 2.04. The lowest BCUT2D eigenvalue weighted by Crippen LogP contribution is -2.16. The minimum atomic E-state index is -0.855. The second kappa shape index (κ2) is 8.44. The number of aliphatic hydroxyl groups excluding tert-OH is 2. The van der Waals surface area contributed by atoms with Gasteiger partial charge < -0.3 is 14.9 Å². The van der Waals surface area contributed by atoms with Crippen LogP contribution in [0.2, 0.25) is 0 Å². The van der Waals surface area contributed by atoms with Gasteiger partial charge in [0.2, 0.25) is 0 Å². The monoisotopic (exact) mass is 216 g/mol. The topological polar surface area (TPSA) is 66.8 Å². The fourth-order valence-electron chi connectivity index (χ4n) is 0.996. The summed E-state index contributed by atoms with van der Waals surface area (Å²) in [4.78, 5) is 11.2. The summed E-state index contributed by atoms with van der Waals surface area (Å²) < 4.78 is 4.88. The van der Waals surface area contributed by atoms with Gasteiger partial charge in [0.25, 0.3) is 0 Å². The first-order chi connectivity index (χ1) is 7.09. The number of aliphatic hydroxyl groups is 2. The standard InChI is InChI=1S/C11H20O4/c1-9(10(2)13)11(14)15-8-6-4-3-5-7-12/h10,12-13H,1,3-8H2,2H3. The fraction of sp³-hybridized carbons (Fsp3) is 0.727. The molecule has 4 nitrogen and oxygen atoms in total. The molecular formula is C11H20O4. The molecule has 15 heavy (non-hydrogen) atoms. The molecule has 0 radical (unpaired) electrons. The minimum Gasteiger partial charge on any atom is -0.462 e. The van der Waals surface area contributed by atoms with Gasteiger partial charge in [-0.1, -0.05) is 13.0 Å². The molecule has 1 atom stereocenters. The third kappa shape index (κ3) is 7.11. The first-order valence-electron chi connectivity index (χ1n) is 5.24. The van der Waals surface area contributed by atoms with Gasteiger partial charge in [0, 0.05) is 6.61 Å². The zero-order valence-electron chi connectivity index (χ0n) is 9.24. The Balaban J connectivity index is 3.43. The molecule has 88 valence electrons. The van der Waals surface area contributed by atoms with Crippen LogP contribution in [0, 0.1) is 0 Å². The van der Waals surface area contributed by atoms with Crippen LogP contribution in [0.3, 0.4) is 0 Å². The number of hydrogen-bond acceptors (Lipinski definition) is 4. The molecule has 0 saturated heterocycles. The van der Waals surface area contributed by atoms with Crippen molar-refractivity contribution >= 4 is 5.97 Å². The van der Waals surface area contributed by atoms with E-state index in [-0.39, 0.29) is 12.2 Å². The predicted octanol–water partition coefficient (Wildman–Crippen LogP) is 1.02. The molecule has 2 N–H and O–H groups in total. The lowest BCUT2D eigenvalue weighted by Gasteiger charge is -2.08. The highest BCUT2D eigenvalue weighted by atomic mass is 16.5. The van der Waals surface area contributed by atoms with Crippen molar-refractivity contribution in [1.29, 1.82) is 0 Å². The van der Waals surface area contributed by atoms with Crippen LogP contribution in [-0.2, 0) is 9.53 Å². The van der Waals surface area contributed by atoms with Crippen molar-refractivity contribution in [3.63, 3.8) is 0 Å². The van der Waals surface area contributed by atoms with Crippen molar-refractivity contribution in [2.24, 2.45) is 0 Å². The minimum absolute atomic E-state index is 0.0883. The van der Waals surface area contributed by atoms with Gasteiger partial charge in [-0.3, -0.25) is 0 Å². The maximum Gasteiger partial charge on any atom is 0.336 e. The van der Waals surface area contributed by atoms with Crippen molar-refractivity contribution in [1.82, 2.24) is 0 Å². The molecule has 0 heterocycles. The Bertz CT molecular complexity index is 199. The molecule has 0 saturated carbocycles. The number of ether oxygens (including phenoxy) is 1. The van der Waals surface area contributed by atoms with E-state index in [0.717, 1.165) is 25.7 Å². The molecule has 0 aromatic heterocycles. The molecule has 1 unspecified atom stereocenters. The van der Waals surface area contributed by atoms with Crippen LogP contribution in [0.15, 0.2) is 12.2 Å². The Morgan fingerprint density at radius 2 is 1.93 bits per heavy atom. The average Bonchev–Trinajstić information content (AvgIpc) is 2.21. The molecule has 0 bridgehead atoms. The number of hydrogen-bond donors (Lipinski definition) is 2. The number of unbranched alkanes of at least 4 members (excludes halogenated alkanes) is 3. The first-order valence-corrected chi connectivity index (χ1v) is 5.24. The Kier molecular flexibility index (Phi) is 7.95. The van der Waals surface area contributed by atoms with Crippen molar-refractivity contribution in [2.75, 3.05) is 13.2 Å². The van der Waals surface area contributed by atoms with Crippen molar-refractivity contribution in [3.8, 4) is 0 Å². The molecule has 0 aliphatic carbocycles. The summed E-state index contributed by atoms with van der Waals surface area (Å²) in [7, 11) is 0. The van der Waals surface area contributed by atoms with Crippen molar-refractivity contribution in [3.05, 3.63) is 12.2 Å². The zero-order valence-corrected chi connectivity index (χ0v) is 9.24. The lowest BCUT2D eigenvalue weighted by atomic mass is 10.2. The van der Waals surface area contributed by atoms with Gasteiger partial charge in [-0.05, 0) is 26.2 Å². The SMILES string of the molecule is C=C(C(=O)OCCCCCCO)C(C)O. The van der Waals surface area contributed by atoms with Gasteiger partial charge in [-0.15, -0.1) is 0 Å². The van der Waals surface area contributed by atoms with Gasteiger partial charge in [0.05, 0.1) is 18.3 Å². The second-order valence-electron chi connectivity index (χ2n) is 3.47. The molecule has 0 aliphatic rings. The van der Waals surface area contributed by atoms with Gasteiger partial charge in [0.1, 0.15) is 0 Å². The van der Waals surface area contributed by atoms with Gasteiger partial charge in [-0.2, -0.15) is 0 Å². The molecular weight excluding hydrogens is 196 g/mol. The summed E-state index contributed by atoms with van der Waals surface area (Å²) in [5.41, 5.74) is 0.0883. The quantitative estimate of drug-likeness (QED) is 0.361. The van der Waals surface area contributed by atoms with E-state index in [1.807, 2.05) is 0 Å². The van der Waals surface area contributed by atoms with E-state index < -0.39 is 12.1 Å². The average molecular weight is 216 g/mol. The summed E-state index contributed by atoms with van der Waals surface area (Å²) in [5.74, 6) is -0.535. The van der Waals surface area contributed by atoms with Gasteiger partial charge >= 0.3 is 5.97 Å². The van der Waals surface area contributed by atoms with Crippen LogP contribution in [0.25, 0.3) is 0 Å². The Hall–Kier alpha value is -0.870. The second-order valence-corrected chi connectivity index (χ2v) is 3.47. The molecule has 0 aliphatic heterocycles. The number of esters is 1. The number of carbonyl (C=O) groups is 1. The van der Waals surface area contributed by atoms with E-state index in [9.17, 15) is 4.79 Å². The molecule has 0 aromatic rings. The van der Waals surface area contributed by atoms with E-state index in [0.29, 0.717) is 6.61 Å². The van der Waals surface area contributed by atoms with Crippen LogP contribution in [0.5, 0.6) is 0 Å². The number of carbonyl (C=O) groups excluding carboxylic acids is 1. The van der Waals surface area contributed by atoms with Crippen LogP contribution in [-0.4, -0.2) is 35.5 Å². The third-order valence-corrected chi connectivity index (χ3v) is 2.05. The fourth-order valence-corrected chi connectivity index (χ4v) is 0.996. The summed E-state index contributed by atoms with van der Waals surface area (Å²) in [5, 5.41) is 17.6. The van der Waals surface area contributed by atoms with E-state index >= 15 is 0 Å². The molecule has 0 rings (SSSR count). The smallest absolute Gasteiger partial charge is 0.336 e. The maximum atomic E-state index is 11.2. The van der Waals surface area contributed by atoms with Crippen LogP contribution < -0.4 is 0 Å². The summed E-state index contributed by atoms with van der Waals surface area (Å²) >= 11 is 0. The molecule has 0 aromatic carbocycles. The van der Waals surface area contributed by atoms with Crippen molar-refractivity contribution in [2.45, 2.75) is 38.7 Å². The van der Waals surface area contributed by atoms with E-state index in [1.165, 1.54) is 6.92 Å². The van der Waals surface area contributed by atoms with Gasteiger partial charge in [-0.25, -0.2) is 4.79 Å². The normalized spacial score (nSPS) is 12.2. The summed E-state index contributed by atoms with van der Waals surface area (Å²) in [6.07, 6.45) is 2.57. The van der Waals surface area contributed by atoms with Gasteiger partial charge in [0.15, 0.2) is 0 Å². The first kappa shape index (κ1) is 14.1. The number of rotatable bonds is 8. The largest absolute Gasteiger partial charge is 0.462 e. The van der Waals surface area contributed by atoms with Crippen molar-refractivity contribution < 1.29 is 19.7 Å². The highest BCUT2D eigenvalue weighted by molar-refractivity contribution is 5.88. The van der Waals surface area contributed by atoms with Crippen LogP contribution in [0.4, 0.5) is 0 Å². The van der Waals surface area contributed by atoms with E-state index in [1.54, 1.807) is 0 Å². The Morgan fingerprint density at radius 1 is 1.33 bits per heavy atom. The van der Waals surface area contributed by atoms with Crippen LogP contribution >= 0.6 is 0 Å². The third-order valence-electron chi connectivity index (χ3n) is 2.05. The molecule has 0 fully saturated rings. The lowest BCUT2D eigenvalue weighted by molar-refractivity contribution is -0.140. The summed E-state index contributed by atoms with van der Waals surface area (Å²) in [6.45, 7) is 5.45. The Morgan fingerprint density at radius 3 is 2.47 bits per heavy atom. The molecule has 0 amide bonds. The maximum absolute atomic E-state index is 11.2. The predicted molar refractivity (Wildman–Crippen MR) is 57.3 cm³/mol. The van der Waals surface area contributed by atoms with Crippen LogP contribution in [0.1, 0.15) is 32.6 Å². The molecule has 4 heteroatoms. The van der Waals surface area contributed by atoms with E-state index in [4.69, 9.17) is 14.9 Å². The zero-order chi connectivity index (χ0) is 11.7. The highest BCUT2D eigenvalue weighted by Gasteiger charge is 2.12. The van der Waals surface area contributed by atoms with E-state index in [2.05, 4.69) is 6.58 Å².